The maximum Gasteiger partial charge on any atom is 0.326 e. The van der Waals surface area contributed by atoms with Crippen LogP contribution in [0.3, 0.4) is 0 Å². The highest BCUT2D eigenvalue weighted by Gasteiger charge is 2.34. The summed E-state index contributed by atoms with van der Waals surface area (Å²) in [6.07, 6.45) is 1.27. The summed E-state index contributed by atoms with van der Waals surface area (Å²) < 4.78 is 0. The molecular weight excluding hydrogens is 829 g/mol. The van der Waals surface area contributed by atoms with E-state index >= 15 is 0 Å². The third kappa shape index (κ3) is 15.1. The molecule has 5 aromatic rings. The summed E-state index contributed by atoms with van der Waals surface area (Å²) in [5.74, 6) is -4.89. The minimum absolute atomic E-state index is 0.0163. The summed E-state index contributed by atoms with van der Waals surface area (Å²) in [5, 5.41) is 38.0. The second kappa shape index (κ2) is 24.8. The molecule has 11 N–H and O–H groups in total. The van der Waals surface area contributed by atoms with E-state index in [1.165, 1.54) is 6.92 Å². The minimum atomic E-state index is -1.59. The van der Waals surface area contributed by atoms with E-state index < -0.39 is 71.8 Å². The molecule has 0 bridgehead atoms. The van der Waals surface area contributed by atoms with Gasteiger partial charge in [-0.3, -0.25) is 24.0 Å². The predicted molar refractivity (Wildman–Crippen MR) is 247 cm³/mol. The van der Waals surface area contributed by atoms with E-state index in [1.807, 2.05) is 91.9 Å². The highest BCUT2D eigenvalue weighted by atomic mass is 16.4. The van der Waals surface area contributed by atoms with Gasteiger partial charge >= 0.3 is 5.97 Å². The molecule has 0 saturated carbocycles. The number of carboxylic acid groups (broad SMARTS) is 1. The van der Waals surface area contributed by atoms with Crippen molar-refractivity contribution in [2.24, 2.45) is 5.73 Å². The van der Waals surface area contributed by atoms with E-state index in [2.05, 4.69) is 36.9 Å². The van der Waals surface area contributed by atoms with Crippen LogP contribution in [-0.4, -0.2) is 100 Å². The Morgan fingerprint density at radius 2 is 1.12 bits per heavy atom. The molecule has 5 rings (SSSR count). The third-order valence-corrected chi connectivity index (χ3v) is 11.1. The van der Waals surface area contributed by atoms with Crippen LogP contribution in [0.5, 0.6) is 0 Å². The number of hydrogen-bond acceptors (Lipinski definition) is 9. The fourth-order valence-corrected chi connectivity index (χ4v) is 7.42. The maximum absolute atomic E-state index is 14.5. The lowest BCUT2D eigenvalue weighted by Gasteiger charge is -2.28. The number of carbonyl (C=O) groups excluding carboxylic acids is 5. The van der Waals surface area contributed by atoms with Crippen molar-refractivity contribution in [1.29, 1.82) is 0 Å². The number of para-hydroxylation sites is 1. The lowest BCUT2D eigenvalue weighted by atomic mass is 10.0. The molecular formula is C49H60N8O8. The van der Waals surface area contributed by atoms with Gasteiger partial charge in [0, 0.05) is 42.4 Å². The van der Waals surface area contributed by atoms with Gasteiger partial charge in [-0.25, -0.2) is 4.79 Å². The zero-order valence-electron chi connectivity index (χ0n) is 36.7. The molecule has 0 aliphatic carbocycles. The number of nitrogens with one attached hydrogen (secondary N) is 7. The van der Waals surface area contributed by atoms with Crippen LogP contribution in [0, 0.1) is 0 Å². The van der Waals surface area contributed by atoms with Gasteiger partial charge in [-0.1, -0.05) is 109 Å². The topological polar surface area (TPSA) is 257 Å². The number of aliphatic hydroxyl groups excluding tert-OH is 1. The number of amides is 5. The molecule has 0 spiro atoms. The summed E-state index contributed by atoms with van der Waals surface area (Å²) in [6.45, 7) is 3.41. The highest BCUT2D eigenvalue weighted by molar-refractivity contribution is 5.97. The van der Waals surface area contributed by atoms with Crippen LogP contribution in [0.25, 0.3) is 10.9 Å². The molecule has 0 aliphatic rings. The average molecular weight is 889 g/mol. The molecule has 16 heteroatoms. The number of rotatable bonds is 25. The van der Waals surface area contributed by atoms with E-state index in [1.54, 1.807) is 36.5 Å². The number of carbonyl (C=O) groups is 6. The van der Waals surface area contributed by atoms with Crippen LogP contribution >= 0.6 is 0 Å². The number of H-pyrrole nitrogens is 1. The molecule has 7 atom stereocenters. The van der Waals surface area contributed by atoms with Crippen molar-refractivity contribution >= 4 is 46.4 Å². The third-order valence-electron chi connectivity index (χ3n) is 11.1. The predicted octanol–water partition coefficient (Wildman–Crippen LogP) is 2.57. The average Bonchev–Trinajstić information content (AvgIpc) is 3.72. The van der Waals surface area contributed by atoms with Gasteiger partial charge in [0.25, 0.3) is 0 Å². The number of carboxylic acids is 1. The second-order valence-corrected chi connectivity index (χ2v) is 16.1. The molecule has 5 amide bonds. The van der Waals surface area contributed by atoms with Crippen LogP contribution in [0.4, 0.5) is 0 Å². The SMILES string of the molecule is C[C@@H](NCC(=O)N[C@@H](Cc1ccccc1)C(=O)N[C@H](Cc1c[nH]c2ccccc12)C(=O)N[C@@H](CCCCN)C(=O)N[C@H](C(=O)N[C@@H](Cc1ccccc1)C(=O)O)[C@@H](C)O)c1ccccc1. The zero-order chi connectivity index (χ0) is 46.7. The Kier molecular flexibility index (Phi) is 18.8. The first-order chi connectivity index (χ1) is 31.3. The first-order valence-electron chi connectivity index (χ1n) is 21.9. The number of hydrogen-bond donors (Lipinski definition) is 10. The lowest BCUT2D eigenvalue weighted by Crippen LogP contribution is -2.61. The standard InChI is InChI=1S/C49H60N8O8/c1-31(35-20-10-5-11-21-35)51-30-43(59)53-40(26-33-16-6-3-7-17-33)46(61)55-41(28-36-29-52-38-23-13-12-22-37(36)38)47(62)54-39(24-14-15-25-50)45(60)57-44(32(2)58)48(63)56-42(49(64)65)27-34-18-8-4-9-19-34/h3-13,16-23,29,31-32,39-42,44,51-52,58H,14-15,24-28,30,50H2,1-2H3,(H,53,59)(H,54,62)(H,55,61)(H,56,63)(H,57,60)(H,64,65)/t31-,32-,39+,40+,41-,42+,44+/m1/s1. The molecule has 4 aromatic carbocycles. The van der Waals surface area contributed by atoms with E-state index in [9.17, 15) is 39.0 Å². The quantitative estimate of drug-likeness (QED) is 0.0384. The first kappa shape index (κ1) is 49.1. The smallest absolute Gasteiger partial charge is 0.326 e. The molecule has 0 saturated heterocycles. The van der Waals surface area contributed by atoms with Crippen LogP contribution in [0.2, 0.25) is 0 Å². The number of aliphatic carboxylic acids is 1. The Balaban J connectivity index is 1.37. The number of aromatic amines is 1. The van der Waals surface area contributed by atoms with Gasteiger partial charge in [0.1, 0.15) is 30.2 Å². The van der Waals surface area contributed by atoms with E-state index in [-0.39, 0.29) is 38.3 Å². The summed E-state index contributed by atoms with van der Waals surface area (Å²) in [4.78, 5) is 85.3. The Morgan fingerprint density at radius 3 is 1.72 bits per heavy atom. The van der Waals surface area contributed by atoms with Gasteiger partial charge in [0.2, 0.25) is 29.5 Å². The lowest BCUT2D eigenvalue weighted by molar-refractivity contribution is -0.143. The van der Waals surface area contributed by atoms with Gasteiger partial charge in [0.05, 0.1) is 12.6 Å². The van der Waals surface area contributed by atoms with Gasteiger partial charge in [-0.05, 0) is 68.0 Å². The molecule has 16 nitrogen and oxygen atoms in total. The summed E-state index contributed by atoms with van der Waals surface area (Å²) in [6, 6.07) is 28.1. The molecule has 0 radical (unpaired) electrons. The molecule has 65 heavy (non-hydrogen) atoms. The number of benzene rings is 4. The fourth-order valence-electron chi connectivity index (χ4n) is 7.42. The normalized spacial score (nSPS) is 14.4. The van der Waals surface area contributed by atoms with Gasteiger partial charge in [-0.2, -0.15) is 0 Å². The Labute approximate surface area is 378 Å². The van der Waals surface area contributed by atoms with Crippen LogP contribution < -0.4 is 37.6 Å². The summed E-state index contributed by atoms with van der Waals surface area (Å²) >= 11 is 0. The van der Waals surface area contributed by atoms with Crippen molar-refractivity contribution in [3.63, 3.8) is 0 Å². The largest absolute Gasteiger partial charge is 0.480 e. The number of unbranched alkanes of at least 4 members (excludes halogenated alkanes) is 1. The van der Waals surface area contributed by atoms with Crippen molar-refractivity contribution in [1.82, 2.24) is 36.9 Å². The first-order valence-corrected chi connectivity index (χ1v) is 21.9. The molecule has 1 aromatic heterocycles. The fraction of sp³-hybridized carbons (Fsp3) is 0.347. The Morgan fingerprint density at radius 1 is 0.600 bits per heavy atom. The van der Waals surface area contributed by atoms with Gasteiger partial charge in [-0.15, -0.1) is 0 Å². The molecule has 344 valence electrons. The maximum atomic E-state index is 14.5. The number of aliphatic hydroxyl groups is 1. The molecule has 1 heterocycles. The van der Waals surface area contributed by atoms with Crippen molar-refractivity contribution < 1.29 is 39.0 Å². The van der Waals surface area contributed by atoms with Crippen molar-refractivity contribution in [2.45, 2.75) is 94.7 Å². The van der Waals surface area contributed by atoms with Crippen molar-refractivity contribution in [3.05, 3.63) is 144 Å². The second-order valence-electron chi connectivity index (χ2n) is 16.1. The van der Waals surface area contributed by atoms with Crippen molar-refractivity contribution in [2.75, 3.05) is 13.1 Å². The monoisotopic (exact) mass is 888 g/mol. The van der Waals surface area contributed by atoms with Crippen molar-refractivity contribution in [3.8, 4) is 0 Å². The van der Waals surface area contributed by atoms with Crippen LogP contribution in [-0.2, 0) is 48.0 Å². The van der Waals surface area contributed by atoms with Gasteiger partial charge in [0.15, 0.2) is 0 Å². The summed E-state index contributed by atoms with van der Waals surface area (Å²) in [7, 11) is 0. The highest BCUT2D eigenvalue weighted by Crippen LogP contribution is 2.20. The Hall–Kier alpha value is -6.88. The molecule has 0 unspecified atom stereocenters. The van der Waals surface area contributed by atoms with E-state index in [0.29, 0.717) is 30.5 Å². The Bertz CT molecular complexity index is 2330. The molecule has 0 fully saturated rings. The van der Waals surface area contributed by atoms with E-state index in [4.69, 9.17) is 5.73 Å². The number of fused-ring (bicyclic) bond motifs is 1. The summed E-state index contributed by atoms with van der Waals surface area (Å²) in [5.41, 5.74) is 9.66. The van der Waals surface area contributed by atoms with Gasteiger partial charge < -0.3 is 52.8 Å². The number of aromatic nitrogens is 1. The minimum Gasteiger partial charge on any atom is -0.480 e. The van der Waals surface area contributed by atoms with E-state index in [0.717, 1.165) is 22.0 Å². The van der Waals surface area contributed by atoms with Crippen LogP contribution in [0.1, 0.15) is 61.4 Å². The van der Waals surface area contributed by atoms with Crippen LogP contribution in [0.15, 0.2) is 121 Å². The zero-order valence-corrected chi connectivity index (χ0v) is 36.7. The number of nitrogens with two attached hydrogens (primary N) is 1. The molecule has 0 aliphatic heterocycles.